The molecule has 1 unspecified atom stereocenters. The van der Waals surface area contributed by atoms with Crippen molar-refractivity contribution in [2.24, 2.45) is 5.73 Å². The van der Waals surface area contributed by atoms with Gasteiger partial charge in [0.05, 0.1) is 6.61 Å². The summed E-state index contributed by atoms with van der Waals surface area (Å²) in [7, 11) is 0. The maximum absolute atomic E-state index is 12.9. The van der Waals surface area contributed by atoms with Crippen molar-refractivity contribution in [2.45, 2.75) is 25.3 Å². The molecule has 0 aromatic rings. The van der Waals surface area contributed by atoms with E-state index in [1.807, 2.05) is 0 Å². The van der Waals surface area contributed by atoms with Gasteiger partial charge in [-0.1, -0.05) is 6.08 Å². The van der Waals surface area contributed by atoms with Gasteiger partial charge in [0.1, 0.15) is 0 Å². The molecule has 1 atom stereocenters. The number of carbonyl (C=O) groups excluding carboxylic acids is 1. The Morgan fingerprint density at radius 1 is 1.77 bits per heavy atom. The molecule has 0 amide bonds. The lowest BCUT2D eigenvalue weighted by Gasteiger charge is -2.20. The third kappa shape index (κ3) is 3.50. The lowest BCUT2D eigenvalue weighted by molar-refractivity contribution is -0.154. The average molecular weight is 193 g/mol. The molecule has 13 heavy (non-hydrogen) atoms. The molecule has 0 radical (unpaired) electrons. The van der Waals surface area contributed by atoms with Gasteiger partial charge in [0.25, 0.3) is 5.92 Å². The quantitative estimate of drug-likeness (QED) is 0.525. The summed E-state index contributed by atoms with van der Waals surface area (Å²) < 4.78 is 30.1. The Hall–Kier alpha value is -0.970. The van der Waals surface area contributed by atoms with Crippen LogP contribution in [0.3, 0.4) is 0 Å². The molecule has 2 N–H and O–H groups in total. The van der Waals surface area contributed by atoms with E-state index in [0.717, 1.165) is 6.08 Å². The van der Waals surface area contributed by atoms with Crippen molar-refractivity contribution in [1.82, 2.24) is 0 Å². The van der Waals surface area contributed by atoms with Crippen LogP contribution in [0.5, 0.6) is 0 Å². The number of halogens is 2. The summed E-state index contributed by atoms with van der Waals surface area (Å²) in [5.41, 5.74) is 4.99. The Bertz CT molecular complexity index is 195. The van der Waals surface area contributed by atoms with E-state index in [-0.39, 0.29) is 6.61 Å². The number of allylic oxidation sites excluding steroid dienone is 1. The Morgan fingerprint density at radius 2 is 2.31 bits per heavy atom. The Morgan fingerprint density at radius 3 is 2.69 bits per heavy atom. The number of alkyl halides is 2. The van der Waals surface area contributed by atoms with E-state index >= 15 is 0 Å². The van der Waals surface area contributed by atoms with E-state index in [1.54, 1.807) is 0 Å². The first kappa shape index (κ1) is 12.0. The predicted octanol–water partition coefficient (Wildman–Crippen LogP) is 1.09. The zero-order valence-electron chi connectivity index (χ0n) is 7.43. The average Bonchev–Trinajstić information content (AvgIpc) is 2.03. The van der Waals surface area contributed by atoms with Crippen LogP contribution in [0.25, 0.3) is 0 Å². The molecule has 76 valence electrons. The lowest BCUT2D eigenvalue weighted by atomic mass is 10.1. The van der Waals surface area contributed by atoms with Gasteiger partial charge in [0.15, 0.2) is 6.04 Å². The fourth-order valence-corrected chi connectivity index (χ4v) is 0.724. The van der Waals surface area contributed by atoms with E-state index in [0.29, 0.717) is 0 Å². The van der Waals surface area contributed by atoms with E-state index in [9.17, 15) is 13.6 Å². The molecule has 0 saturated carbocycles. The highest BCUT2D eigenvalue weighted by molar-refractivity contribution is 5.76. The minimum Gasteiger partial charge on any atom is -0.465 e. The monoisotopic (exact) mass is 193 g/mol. The standard InChI is InChI=1S/C8H13F2NO2/c1-3-5-8(9,10)6(11)7(12)13-4-2/h3,6H,1,4-5,11H2,2H3. The Balaban J connectivity index is 4.29. The van der Waals surface area contributed by atoms with E-state index in [2.05, 4.69) is 11.3 Å². The number of hydrogen-bond donors (Lipinski definition) is 1. The molecule has 3 nitrogen and oxygen atoms in total. The minimum atomic E-state index is -3.28. The minimum absolute atomic E-state index is 0.0384. The van der Waals surface area contributed by atoms with Gasteiger partial charge in [-0.2, -0.15) is 0 Å². The van der Waals surface area contributed by atoms with Crippen molar-refractivity contribution in [2.75, 3.05) is 6.61 Å². The smallest absolute Gasteiger partial charge is 0.329 e. The number of nitrogens with two attached hydrogens (primary N) is 1. The fraction of sp³-hybridized carbons (Fsp3) is 0.625. The van der Waals surface area contributed by atoms with Gasteiger partial charge < -0.3 is 10.5 Å². The lowest BCUT2D eigenvalue weighted by Crippen LogP contribution is -2.47. The number of hydrogen-bond acceptors (Lipinski definition) is 3. The van der Waals surface area contributed by atoms with Gasteiger partial charge in [-0.25, -0.2) is 8.78 Å². The summed E-state index contributed by atoms with van der Waals surface area (Å²) in [5, 5.41) is 0. The first-order chi connectivity index (χ1) is 5.95. The van der Waals surface area contributed by atoms with Crippen LogP contribution in [0.15, 0.2) is 12.7 Å². The number of rotatable bonds is 5. The maximum atomic E-state index is 12.9. The van der Waals surface area contributed by atoms with Crippen molar-refractivity contribution in [1.29, 1.82) is 0 Å². The van der Waals surface area contributed by atoms with Crippen molar-refractivity contribution in [3.8, 4) is 0 Å². The van der Waals surface area contributed by atoms with Gasteiger partial charge in [-0.05, 0) is 6.92 Å². The summed E-state index contributed by atoms with van der Waals surface area (Å²) in [4.78, 5) is 10.8. The topological polar surface area (TPSA) is 52.3 Å². The Labute approximate surface area is 75.6 Å². The van der Waals surface area contributed by atoms with E-state index < -0.39 is 24.4 Å². The first-order valence-electron chi connectivity index (χ1n) is 3.86. The van der Waals surface area contributed by atoms with Gasteiger partial charge in [-0.3, -0.25) is 4.79 Å². The van der Waals surface area contributed by atoms with Crippen LogP contribution >= 0.6 is 0 Å². The molecule has 0 aromatic heterocycles. The molecule has 0 aliphatic heterocycles. The zero-order chi connectivity index (χ0) is 10.5. The molecule has 0 fully saturated rings. The van der Waals surface area contributed by atoms with Crippen LogP contribution in [-0.4, -0.2) is 24.5 Å². The normalized spacial score (nSPS) is 13.5. The summed E-state index contributed by atoms with van der Waals surface area (Å²) >= 11 is 0. The van der Waals surface area contributed by atoms with E-state index in [4.69, 9.17) is 5.73 Å². The fourth-order valence-electron chi connectivity index (χ4n) is 0.724. The predicted molar refractivity (Wildman–Crippen MR) is 44.4 cm³/mol. The van der Waals surface area contributed by atoms with Crippen LogP contribution in [0.2, 0.25) is 0 Å². The van der Waals surface area contributed by atoms with Crippen LogP contribution in [0, 0.1) is 0 Å². The molecule has 0 heterocycles. The number of carbonyl (C=O) groups is 1. The highest BCUT2D eigenvalue weighted by Crippen LogP contribution is 2.22. The van der Waals surface area contributed by atoms with Gasteiger partial charge in [-0.15, -0.1) is 6.58 Å². The highest BCUT2D eigenvalue weighted by atomic mass is 19.3. The molecule has 0 spiro atoms. The van der Waals surface area contributed by atoms with Crippen LogP contribution in [0.4, 0.5) is 8.78 Å². The molecular weight excluding hydrogens is 180 g/mol. The molecule has 0 aliphatic carbocycles. The molecule has 0 saturated heterocycles. The van der Waals surface area contributed by atoms with Crippen molar-refractivity contribution < 1.29 is 18.3 Å². The van der Waals surface area contributed by atoms with Crippen molar-refractivity contribution in [3.63, 3.8) is 0 Å². The van der Waals surface area contributed by atoms with E-state index in [1.165, 1.54) is 6.92 Å². The summed E-state index contributed by atoms with van der Waals surface area (Å²) in [6, 6.07) is -1.91. The molecule has 0 aliphatic rings. The number of ether oxygens (including phenoxy) is 1. The van der Waals surface area contributed by atoms with Crippen LogP contribution in [-0.2, 0) is 9.53 Å². The second kappa shape index (κ2) is 4.91. The Kier molecular flexibility index (Phi) is 4.55. The summed E-state index contributed by atoms with van der Waals surface area (Å²) in [6.07, 6.45) is 0.381. The second-order valence-corrected chi connectivity index (χ2v) is 2.48. The molecule has 0 aromatic carbocycles. The maximum Gasteiger partial charge on any atom is 0.329 e. The largest absolute Gasteiger partial charge is 0.465 e. The van der Waals surface area contributed by atoms with Gasteiger partial charge in [0, 0.05) is 6.42 Å². The van der Waals surface area contributed by atoms with Crippen LogP contribution < -0.4 is 5.73 Å². The third-order valence-corrected chi connectivity index (χ3v) is 1.41. The number of esters is 1. The summed E-state index contributed by atoms with van der Waals surface area (Å²) in [5.74, 6) is -4.37. The van der Waals surface area contributed by atoms with Gasteiger partial charge in [0.2, 0.25) is 0 Å². The molecular formula is C8H13F2NO2. The third-order valence-electron chi connectivity index (χ3n) is 1.41. The summed E-state index contributed by atoms with van der Waals surface area (Å²) in [6.45, 7) is 4.71. The second-order valence-electron chi connectivity index (χ2n) is 2.48. The SMILES string of the molecule is C=CCC(F)(F)C(N)C(=O)OCC. The van der Waals surface area contributed by atoms with Crippen molar-refractivity contribution in [3.05, 3.63) is 12.7 Å². The molecule has 5 heteroatoms. The zero-order valence-corrected chi connectivity index (χ0v) is 7.43. The van der Waals surface area contributed by atoms with Crippen molar-refractivity contribution >= 4 is 5.97 Å². The highest BCUT2D eigenvalue weighted by Gasteiger charge is 2.41. The molecule has 0 bridgehead atoms. The molecule has 0 rings (SSSR count). The van der Waals surface area contributed by atoms with Crippen LogP contribution in [0.1, 0.15) is 13.3 Å². The first-order valence-corrected chi connectivity index (χ1v) is 3.86. The van der Waals surface area contributed by atoms with Gasteiger partial charge >= 0.3 is 5.97 Å².